The summed E-state index contributed by atoms with van der Waals surface area (Å²) in [4.78, 5) is 16.7. The number of benzene rings is 3. The van der Waals surface area contributed by atoms with E-state index in [1.54, 1.807) is 54.6 Å². The van der Waals surface area contributed by atoms with Gasteiger partial charge < -0.3 is 14.2 Å². The molecule has 0 saturated carbocycles. The van der Waals surface area contributed by atoms with E-state index in [1.807, 2.05) is 13.0 Å². The molecule has 0 N–H and O–H groups in total. The zero-order valence-corrected chi connectivity index (χ0v) is 20.4. The van der Waals surface area contributed by atoms with Crippen LogP contribution in [0.5, 0.6) is 11.5 Å². The molecule has 1 aliphatic rings. The van der Waals surface area contributed by atoms with Gasteiger partial charge in [-0.3, -0.25) is 0 Å². The minimum absolute atomic E-state index is 0.0593. The second-order valence-corrected chi connectivity index (χ2v) is 8.63. The van der Waals surface area contributed by atoms with Crippen molar-refractivity contribution in [2.24, 2.45) is 4.99 Å². The molecule has 5 nitrogen and oxygen atoms in total. The number of hydrogen-bond donors (Lipinski definition) is 0. The lowest BCUT2D eigenvalue weighted by molar-refractivity contribution is -0.129. The van der Waals surface area contributed by atoms with Crippen molar-refractivity contribution in [3.8, 4) is 11.5 Å². The van der Waals surface area contributed by atoms with Crippen LogP contribution in [0.2, 0.25) is 5.02 Å². The molecule has 0 unspecified atom stereocenters. The predicted octanol–water partition coefficient (Wildman–Crippen LogP) is 6.41. The van der Waals surface area contributed by atoms with Crippen LogP contribution in [0, 0.1) is 9.39 Å². The molecule has 3 aromatic rings. The Hall–Kier alpha value is -2.91. The van der Waals surface area contributed by atoms with E-state index in [-0.39, 0.29) is 24.0 Å². The Labute approximate surface area is 209 Å². The fourth-order valence-corrected chi connectivity index (χ4v) is 3.81. The Morgan fingerprint density at radius 2 is 1.91 bits per heavy atom. The first-order valence-corrected chi connectivity index (χ1v) is 11.5. The maximum Gasteiger partial charge on any atom is 0.363 e. The highest BCUT2D eigenvalue weighted by molar-refractivity contribution is 14.1. The summed E-state index contributed by atoms with van der Waals surface area (Å²) in [6.07, 6.45) is 1.60. The minimum Gasteiger partial charge on any atom is -0.490 e. The summed E-state index contributed by atoms with van der Waals surface area (Å²) in [5.41, 5.74) is 1.80. The summed E-state index contributed by atoms with van der Waals surface area (Å²) < 4.78 is 31.6. The first-order valence-electron chi connectivity index (χ1n) is 10.1. The summed E-state index contributed by atoms with van der Waals surface area (Å²) in [6.45, 7) is 2.32. The van der Waals surface area contributed by atoms with Crippen molar-refractivity contribution in [2.75, 3.05) is 6.61 Å². The molecule has 0 spiro atoms. The van der Waals surface area contributed by atoms with Crippen molar-refractivity contribution in [3.05, 3.63) is 97.5 Å². The zero-order valence-electron chi connectivity index (χ0n) is 17.5. The van der Waals surface area contributed by atoms with Crippen LogP contribution in [-0.2, 0) is 16.1 Å². The van der Waals surface area contributed by atoms with Crippen LogP contribution in [0.3, 0.4) is 0 Å². The Morgan fingerprint density at radius 3 is 2.70 bits per heavy atom. The number of aliphatic imine (C=N–C) groups is 1. The fraction of sp³-hybridized carbons (Fsp3) is 0.120. The van der Waals surface area contributed by atoms with Crippen LogP contribution in [0.25, 0.3) is 6.08 Å². The van der Waals surface area contributed by atoms with Gasteiger partial charge >= 0.3 is 5.97 Å². The van der Waals surface area contributed by atoms with Gasteiger partial charge in [-0.15, -0.1) is 0 Å². The molecule has 0 fully saturated rings. The van der Waals surface area contributed by atoms with Crippen LogP contribution >= 0.6 is 34.2 Å². The molecule has 1 aliphatic heterocycles. The average Bonchev–Trinajstić information content (AvgIpc) is 3.16. The first-order chi connectivity index (χ1) is 15.9. The monoisotopic (exact) mass is 577 g/mol. The quantitative estimate of drug-likeness (QED) is 0.185. The topological polar surface area (TPSA) is 57.1 Å². The Kier molecular flexibility index (Phi) is 7.29. The smallest absolute Gasteiger partial charge is 0.363 e. The normalized spacial score (nSPS) is 14.2. The molecular formula is C25H18ClFINO4. The van der Waals surface area contributed by atoms with E-state index in [0.717, 1.165) is 3.57 Å². The minimum atomic E-state index is -0.572. The molecule has 0 saturated heterocycles. The maximum atomic E-state index is 13.9. The largest absolute Gasteiger partial charge is 0.490 e. The van der Waals surface area contributed by atoms with Gasteiger partial charge in [0.1, 0.15) is 12.4 Å². The van der Waals surface area contributed by atoms with Gasteiger partial charge in [-0.1, -0.05) is 35.9 Å². The van der Waals surface area contributed by atoms with E-state index in [9.17, 15) is 9.18 Å². The van der Waals surface area contributed by atoms with Crippen LogP contribution in [0.1, 0.15) is 23.6 Å². The molecule has 1 heterocycles. The summed E-state index contributed by atoms with van der Waals surface area (Å²) >= 11 is 8.39. The van der Waals surface area contributed by atoms with E-state index in [0.29, 0.717) is 39.8 Å². The molecule has 3 aromatic carbocycles. The van der Waals surface area contributed by atoms with E-state index < -0.39 is 5.97 Å². The number of rotatable bonds is 7. The predicted molar refractivity (Wildman–Crippen MR) is 133 cm³/mol. The summed E-state index contributed by atoms with van der Waals surface area (Å²) in [7, 11) is 0. The van der Waals surface area contributed by atoms with Crippen molar-refractivity contribution in [3.63, 3.8) is 0 Å². The van der Waals surface area contributed by atoms with Crippen molar-refractivity contribution in [2.45, 2.75) is 13.5 Å². The van der Waals surface area contributed by atoms with Gasteiger partial charge in [-0.2, -0.15) is 0 Å². The number of hydrogen-bond acceptors (Lipinski definition) is 5. The van der Waals surface area contributed by atoms with Gasteiger partial charge in [0.05, 0.1) is 17.2 Å². The number of halogens is 3. The molecule has 168 valence electrons. The molecule has 0 bridgehead atoms. The van der Waals surface area contributed by atoms with Gasteiger partial charge in [0.15, 0.2) is 17.2 Å². The maximum absolute atomic E-state index is 13.9. The van der Waals surface area contributed by atoms with Gasteiger partial charge in [-0.05, 0) is 77.6 Å². The third kappa shape index (κ3) is 5.54. The molecule has 8 heteroatoms. The van der Waals surface area contributed by atoms with Gasteiger partial charge in [0, 0.05) is 9.13 Å². The highest BCUT2D eigenvalue weighted by Crippen LogP contribution is 2.31. The molecular weight excluding hydrogens is 560 g/mol. The molecule has 0 aromatic heterocycles. The Morgan fingerprint density at radius 1 is 1.09 bits per heavy atom. The van der Waals surface area contributed by atoms with Crippen molar-refractivity contribution in [1.29, 1.82) is 0 Å². The third-order valence-electron chi connectivity index (χ3n) is 4.69. The van der Waals surface area contributed by atoms with E-state index >= 15 is 0 Å². The van der Waals surface area contributed by atoms with E-state index in [4.69, 9.17) is 25.8 Å². The number of nitrogens with zero attached hydrogens (tertiary/aromatic N) is 1. The van der Waals surface area contributed by atoms with Crippen molar-refractivity contribution < 1.29 is 23.4 Å². The first kappa shape index (κ1) is 23.3. The SMILES string of the molecule is CCOc1cc(/C=C2\N=C(c3cc(I)ccc3Cl)OC2=O)ccc1OCc1ccccc1F. The summed E-state index contributed by atoms with van der Waals surface area (Å²) in [6, 6.07) is 17.0. The summed E-state index contributed by atoms with van der Waals surface area (Å²) in [5.74, 6) is 0.186. The lowest BCUT2D eigenvalue weighted by atomic mass is 10.1. The standard InChI is InChI=1S/C25H18ClFINO4/c1-2-31-23-12-15(7-10-22(23)32-14-16-5-3-4-6-20(16)27)11-21-25(30)33-24(29-21)18-13-17(28)8-9-19(18)26/h3-13H,2,14H2,1H3/b21-11-. The third-order valence-corrected chi connectivity index (χ3v) is 5.69. The zero-order chi connectivity index (χ0) is 23.4. The van der Waals surface area contributed by atoms with Crippen LogP contribution in [0.15, 0.2) is 71.4 Å². The number of carbonyl (C=O) groups is 1. The lowest BCUT2D eigenvalue weighted by Gasteiger charge is -2.13. The molecule has 0 atom stereocenters. The van der Waals surface area contributed by atoms with E-state index in [1.165, 1.54) is 6.07 Å². The van der Waals surface area contributed by atoms with Gasteiger partial charge in [0.2, 0.25) is 5.90 Å². The van der Waals surface area contributed by atoms with Crippen LogP contribution in [-0.4, -0.2) is 18.5 Å². The Balaban J connectivity index is 1.59. The molecule has 0 amide bonds. The highest BCUT2D eigenvalue weighted by Gasteiger charge is 2.26. The number of ether oxygens (including phenoxy) is 3. The molecule has 0 radical (unpaired) electrons. The number of esters is 1. The van der Waals surface area contributed by atoms with Gasteiger partial charge in [0.25, 0.3) is 0 Å². The molecule has 4 rings (SSSR count). The van der Waals surface area contributed by atoms with Crippen molar-refractivity contribution >= 4 is 52.1 Å². The second-order valence-electron chi connectivity index (χ2n) is 6.98. The highest BCUT2D eigenvalue weighted by atomic mass is 127. The van der Waals surface area contributed by atoms with Gasteiger partial charge in [-0.25, -0.2) is 14.2 Å². The van der Waals surface area contributed by atoms with Crippen LogP contribution < -0.4 is 9.47 Å². The molecule has 33 heavy (non-hydrogen) atoms. The summed E-state index contributed by atoms with van der Waals surface area (Å²) in [5, 5.41) is 0.443. The second kappa shape index (κ2) is 10.4. The fourth-order valence-electron chi connectivity index (χ4n) is 3.12. The van der Waals surface area contributed by atoms with Crippen molar-refractivity contribution in [1.82, 2.24) is 0 Å². The number of cyclic esters (lactones) is 1. The average molecular weight is 578 g/mol. The Bertz CT molecular complexity index is 1280. The van der Waals surface area contributed by atoms with Crippen LogP contribution in [0.4, 0.5) is 4.39 Å². The van der Waals surface area contributed by atoms with E-state index in [2.05, 4.69) is 27.6 Å². The molecule has 0 aliphatic carbocycles. The lowest BCUT2D eigenvalue weighted by Crippen LogP contribution is -2.06. The number of carbonyl (C=O) groups excluding carboxylic acids is 1.